The van der Waals surface area contributed by atoms with Gasteiger partial charge >= 0.3 is 5.97 Å². The minimum atomic E-state index is -0.702. The molecule has 1 aromatic heterocycles. The smallest absolute Gasteiger partial charge is 0.338 e. The number of nitriles is 1. The number of benzene rings is 3. The van der Waals surface area contributed by atoms with E-state index in [0.717, 1.165) is 16.0 Å². The number of nitrogens with zero attached hydrogens (tertiary/aromatic N) is 3. The van der Waals surface area contributed by atoms with Crippen LogP contribution in [0, 0.1) is 11.3 Å². The van der Waals surface area contributed by atoms with Crippen molar-refractivity contribution in [2.45, 2.75) is 44.4 Å². The summed E-state index contributed by atoms with van der Waals surface area (Å²) in [6.07, 6.45) is 3.40. The fraction of sp³-hybridized carbons (Fsp3) is 0.212. The molecule has 0 radical (unpaired) electrons. The van der Waals surface area contributed by atoms with Gasteiger partial charge in [-0.1, -0.05) is 47.2 Å². The van der Waals surface area contributed by atoms with Crippen LogP contribution in [0.1, 0.15) is 49.1 Å². The van der Waals surface area contributed by atoms with Gasteiger partial charge in [-0.25, -0.2) is 9.79 Å². The SMILES string of the molecule is CSc1ccc([C@H]2C(C(=O)OC(C)C)=C(C)N=c3s/c(=C\c4cc(Cl)ccc4OCc4ccc(C#N)cc4)c(=O)n32)cc1. The summed E-state index contributed by atoms with van der Waals surface area (Å²) in [5, 5.41) is 9.55. The highest BCUT2D eigenvalue weighted by molar-refractivity contribution is 7.98. The van der Waals surface area contributed by atoms with Crippen LogP contribution in [0.4, 0.5) is 0 Å². The van der Waals surface area contributed by atoms with Crippen molar-refractivity contribution in [3.63, 3.8) is 0 Å². The molecule has 3 aromatic carbocycles. The van der Waals surface area contributed by atoms with E-state index in [1.807, 2.05) is 42.7 Å². The summed E-state index contributed by atoms with van der Waals surface area (Å²) in [5.41, 5.74) is 3.42. The van der Waals surface area contributed by atoms with Crippen molar-refractivity contribution in [2.75, 3.05) is 6.26 Å². The van der Waals surface area contributed by atoms with Crippen molar-refractivity contribution >= 4 is 46.7 Å². The van der Waals surface area contributed by atoms with E-state index < -0.39 is 12.0 Å². The highest BCUT2D eigenvalue weighted by Crippen LogP contribution is 2.32. The molecule has 10 heteroatoms. The molecule has 4 aromatic rings. The molecule has 1 aliphatic heterocycles. The lowest BCUT2D eigenvalue weighted by atomic mass is 9.96. The molecule has 0 aliphatic carbocycles. The van der Waals surface area contributed by atoms with E-state index in [0.29, 0.717) is 42.5 Å². The molecule has 1 atom stereocenters. The van der Waals surface area contributed by atoms with Crippen LogP contribution in [-0.4, -0.2) is 22.9 Å². The summed E-state index contributed by atoms with van der Waals surface area (Å²) >= 11 is 9.20. The number of fused-ring (bicyclic) bond motifs is 1. The number of carbonyl (C=O) groups is 1. The zero-order valence-corrected chi connectivity index (χ0v) is 26.3. The molecule has 5 rings (SSSR count). The molecule has 0 N–H and O–H groups in total. The van der Waals surface area contributed by atoms with Crippen molar-refractivity contribution in [3.8, 4) is 11.8 Å². The van der Waals surface area contributed by atoms with E-state index in [1.165, 1.54) is 11.3 Å². The van der Waals surface area contributed by atoms with Gasteiger partial charge in [0.2, 0.25) is 0 Å². The second-order valence-corrected chi connectivity index (χ2v) is 12.4. The van der Waals surface area contributed by atoms with Gasteiger partial charge in [0, 0.05) is 15.5 Å². The number of aromatic nitrogens is 1. The Hall–Kier alpha value is -4.10. The monoisotopic (exact) mass is 629 g/mol. The van der Waals surface area contributed by atoms with Crippen molar-refractivity contribution in [3.05, 3.63) is 125 Å². The number of halogens is 1. The van der Waals surface area contributed by atoms with Gasteiger partial charge in [0.1, 0.15) is 12.4 Å². The van der Waals surface area contributed by atoms with E-state index in [1.54, 1.807) is 73.5 Å². The lowest BCUT2D eigenvalue weighted by Gasteiger charge is -2.25. The first-order valence-electron chi connectivity index (χ1n) is 13.5. The minimum absolute atomic E-state index is 0.266. The van der Waals surface area contributed by atoms with E-state index in [-0.39, 0.29) is 18.3 Å². The predicted octanol–water partition coefficient (Wildman–Crippen LogP) is 6.01. The summed E-state index contributed by atoms with van der Waals surface area (Å²) < 4.78 is 13.7. The highest BCUT2D eigenvalue weighted by atomic mass is 35.5. The molecule has 7 nitrogen and oxygen atoms in total. The first-order chi connectivity index (χ1) is 20.7. The topological polar surface area (TPSA) is 93.7 Å². The van der Waals surface area contributed by atoms with Crippen LogP contribution < -0.4 is 19.6 Å². The van der Waals surface area contributed by atoms with E-state index >= 15 is 0 Å². The molecule has 0 saturated carbocycles. The second kappa shape index (κ2) is 13.0. The van der Waals surface area contributed by atoms with Gasteiger partial charge in [-0.05, 0) is 86.7 Å². The van der Waals surface area contributed by atoms with Crippen LogP contribution in [0.15, 0.2) is 92.7 Å². The van der Waals surface area contributed by atoms with Gasteiger partial charge in [0.05, 0.1) is 39.6 Å². The number of ether oxygens (including phenoxy) is 2. The second-order valence-electron chi connectivity index (χ2n) is 10.1. The Morgan fingerprint density at radius 2 is 1.88 bits per heavy atom. The number of hydrogen-bond donors (Lipinski definition) is 0. The van der Waals surface area contributed by atoms with E-state index in [9.17, 15) is 9.59 Å². The third kappa shape index (κ3) is 6.62. The van der Waals surface area contributed by atoms with Gasteiger partial charge in [0.25, 0.3) is 5.56 Å². The van der Waals surface area contributed by atoms with Gasteiger partial charge in [0.15, 0.2) is 4.80 Å². The number of thiazole rings is 1. The third-order valence-corrected chi connectivity index (χ3v) is 8.71. The number of thioether (sulfide) groups is 1. The highest BCUT2D eigenvalue weighted by Gasteiger charge is 2.33. The largest absolute Gasteiger partial charge is 0.488 e. The molecule has 2 heterocycles. The molecule has 1 aliphatic rings. The Labute approximate surface area is 262 Å². The molecule has 0 spiro atoms. The van der Waals surface area contributed by atoms with Crippen molar-refractivity contribution in [1.29, 1.82) is 5.26 Å². The van der Waals surface area contributed by atoms with Gasteiger partial charge in [-0.15, -0.1) is 11.8 Å². The lowest BCUT2D eigenvalue weighted by Crippen LogP contribution is -2.40. The zero-order chi connectivity index (χ0) is 30.7. The van der Waals surface area contributed by atoms with Crippen LogP contribution in [0.5, 0.6) is 5.75 Å². The van der Waals surface area contributed by atoms with Crippen LogP contribution >= 0.6 is 34.7 Å². The molecular weight excluding hydrogens is 602 g/mol. The van der Waals surface area contributed by atoms with E-state index in [2.05, 4.69) is 11.1 Å². The molecule has 0 saturated heterocycles. The summed E-state index contributed by atoms with van der Waals surface area (Å²) in [5.74, 6) is 0.0407. The van der Waals surface area contributed by atoms with Crippen LogP contribution in [0.2, 0.25) is 5.02 Å². The number of hydrogen-bond acceptors (Lipinski definition) is 8. The summed E-state index contributed by atoms with van der Waals surface area (Å²) in [6, 6.07) is 21.6. The van der Waals surface area contributed by atoms with Crippen molar-refractivity contribution in [2.24, 2.45) is 4.99 Å². The first kappa shape index (κ1) is 30.4. The standard InChI is InChI=1S/C33H28ClN3O4S2/c1-19(2)41-32(39)29-20(3)36-33-37(30(29)23-9-12-26(42-4)13-10-23)31(38)28(43-33)16-24-15-25(34)11-14-27(24)40-18-22-7-5-21(17-35)6-8-22/h5-16,19,30H,18H2,1-4H3/b28-16-/t30-/m0/s1. The number of rotatable bonds is 8. The molecule has 0 amide bonds. The maximum absolute atomic E-state index is 14.1. The summed E-state index contributed by atoms with van der Waals surface area (Å²) in [7, 11) is 0. The number of carbonyl (C=O) groups excluding carboxylic acids is 1. The Balaban J connectivity index is 1.59. The summed E-state index contributed by atoms with van der Waals surface area (Å²) in [4.78, 5) is 33.6. The average molecular weight is 630 g/mol. The quantitative estimate of drug-likeness (QED) is 0.175. The van der Waals surface area contributed by atoms with Crippen molar-refractivity contribution in [1.82, 2.24) is 4.57 Å². The number of esters is 1. The van der Waals surface area contributed by atoms with Crippen LogP contribution in [0.3, 0.4) is 0 Å². The van der Waals surface area contributed by atoms with Crippen LogP contribution in [-0.2, 0) is 16.1 Å². The number of allylic oxidation sites excluding steroid dienone is 1. The Bertz CT molecular complexity index is 1940. The molecule has 218 valence electrons. The summed E-state index contributed by atoms with van der Waals surface area (Å²) in [6.45, 7) is 5.61. The van der Waals surface area contributed by atoms with Gasteiger partial charge in [-0.3, -0.25) is 9.36 Å². The maximum Gasteiger partial charge on any atom is 0.338 e. The van der Waals surface area contributed by atoms with Gasteiger partial charge in [-0.2, -0.15) is 5.26 Å². The molecule has 43 heavy (non-hydrogen) atoms. The minimum Gasteiger partial charge on any atom is -0.488 e. The predicted molar refractivity (Wildman–Crippen MR) is 170 cm³/mol. The zero-order valence-electron chi connectivity index (χ0n) is 24.0. The average Bonchev–Trinajstić information content (AvgIpc) is 3.29. The Kier molecular flexibility index (Phi) is 9.21. The fourth-order valence-corrected chi connectivity index (χ4v) is 6.33. The Morgan fingerprint density at radius 3 is 2.53 bits per heavy atom. The first-order valence-corrected chi connectivity index (χ1v) is 15.9. The van der Waals surface area contributed by atoms with Crippen LogP contribution in [0.25, 0.3) is 6.08 Å². The van der Waals surface area contributed by atoms with E-state index in [4.69, 9.17) is 26.3 Å². The Morgan fingerprint density at radius 1 is 1.16 bits per heavy atom. The molecule has 0 fully saturated rings. The lowest BCUT2D eigenvalue weighted by molar-refractivity contribution is -0.143. The van der Waals surface area contributed by atoms with Gasteiger partial charge < -0.3 is 9.47 Å². The third-order valence-electron chi connectivity index (χ3n) is 6.75. The molecular formula is C33H28ClN3O4S2. The maximum atomic E-state index is 14.1. The fourth-order valence-electron chi connectivity index (χ4n) is 4.70. The normalized spacial score (nSPS) is 14.7. The molecule has 0 bridgehead atoms. The molecule has 0 unspecified atom stereocenters. The van der Waals surface area contributed by atoms with Crippen molar-refractivity contribution < 1.29 is 14.3 Å².